The van der Waals surface area contributed by atoms with Crippen LogP contribution >= 0.6 is 0 Å². The van der Waals surface area contributed by atoms with E-state index in [1.165, 1.54) is 12.8 Å². The van der Waals surface area contributed by atoms with Crippen LogP contribution in [0.1, 0.15) is 32.6 Å². The summed E-state index contributed by atoms with van der Waals surface area (Å²) in [5.74, 6) is 0. The summed E-state index contributed by atoms with van der Waals surface area (Å²) in [4.78, 5) is 2.45. The molecule has 2 aliphatic rings. The Bertz CT molecular complexity index is 184. The maximum atomic E-state index is 10.1. The number of β-amino-alcohol motifs (C(OH)–C–C–N with tert-alkyl or cyclic N) is 1. The van der Waals surface area contributed by atoms with Crippen LogP contribution in [-0.2, 0) is 0 Å². The van der Waals surface area contributed by atoms with E-state index in [9.17, 15) is 5.11 Å². The smallest absolute Gasteiger partial charge is 0.0900 e. The zero-order chi connectivity index (χ0) is 10.0. The van der Waals surface area contributed by atoms with Crippen LogP contribution in [0.25, 0.3) is 0 Å². The molecule has 0 amide bonds. The van der Waals surface area contributed by atoms with Crippen molar-refractivity contribution in [3.63, 3.8) is 0 Å². The van der Waals surface area contributed by atoms with Crippen LogP contribution in [-0.4, -0.2) is 47.8 Å². The van der Waals surface area contributed by atoms with Gasteiger partial charge in [0.1, 0.15) is 0 Å². The summed E-state index contributed by atoms with van der Waals surface area (Å²) < 4.78 is 0. The van der Waals surface area contributed by atoms with Crippen LogP contribution in [0.15, 0.2) is 0 Å². The number of piperidine rings is 1. The van der Waals surface area contributed by atoms with Gasteiger partial charge in [0.2, 0.25) is 0 Å². The molecular weight excluding hydrogens is 176 g/mol. The van der Waals surface area contributed by atoms with E-state index in [1.54, 1.807) is 0 Å². The number of likely N-dealkylation sites (tertiary alicyclic amines) is 1. The molecule has 0 radical (unpaired) electrons. The summed E-state index contributed by atoms with van der Waals surface area (Å²) in [5, 5.41) is 13.4. The van der Waals surface area contributed by atoms with Crippen molar-refractivity contribution in [3.05, 3.63) is 0 Å². The van der Waals surface area contributed by atoms with E-state index in [1.807, 2.05) is 0 Å². The van der Waals surface area contributed by atoms with Crippen molar-refractivity contribution < 1.29 is 5.11 Å². The molecule has 2 N–H and O–H groups in total. The molecule has 0 aromatic carbocycles. The van der Waals surface area contributed by atoms with E-state index in [0.29, 0.717) is 0 Å². The van der Waals surface area contributed by atoms with Gasteiger partial charge in [-0.3, -0.25) is 4.90 Å². The summed E-state index contributed by atoms with van der Waals surface area (Å²) in [6.07, 6.45) is 4.56. The van der Waals surface area contributed by atoms with Crippen LogP contribution in [0.5, 0.6) is 0 Å². The number of rotatable bonds is 3. The normalized spacial score (nSPS) is 28.7. The maximum Gasteiger partial charge on any atom is 0.0900 e. The molecule has 0 aliphatic carbocycles. The van der Waals surface area contributed by atoms with Crippen molar-refractivity contribution in [3.8, 4) is 0 Å². The van der Waals surface area contributed by atoms with Crippen molar-refractivity contribution >= 4 is 0 Å². The molecule has 0 aromatic rings. The molecule has 0 aromatic heterocycles. The number of nitrogens with zero attached hydrogens (tertiary/aromatic N) is 1. The first kappa shape index (κ1) is 10.4. The molecule has 2 heterocycles. The number of hydrogen-bond acceptors (Lipinski definition) is 3. The SMILES string of the molecule is CCCC1(O)CN(C2CCNCC2)C1. The third kappa shape index (κ3) is 2.10. The fourth-order valence-corrected chi connectivity index (χ4v) is 2.76. The van der Waals surface area contributed by atoms with Gasteiger partial charge >= 0.3 is 0 Å². The van der Waals surface area contributed by atoms with E-state index in [0.717, 1.165) is 45.1 Å². The third-order valence-electron chi connectivity index (χ3n) is 3.54. The second-order valence-electron chi connectivity index (χ2n) is 4.86. The number of aliphatic hydroxyl groups is 1. The lowest BCUT2D eigenvalue weighted by atomic mass is 9.86. The molecule has 0 bridgehead atoms. The molecule has 0 unspecified atom stereocenters. The van der Waals surface area contributed by atoms with Crippen molar-refractivity contribution in [1.29, 1.82) is 0 Å². The first-order valence-electron chi connectivity index (χ1n) is 5.91. The van der Waals surface area contributed by atoms with Gasteiger partial charge in [-0.25, -0.2) is 0 Å². The van der Waals surface area contributed by atoms with Gasteiger partial charge in [0.25, 0.3) is 0 Å². The van der Waals surface area contributed by atoms with E-state index in [2.05, 4.69) is 17.1 Å². The predicted molar refractivity (Wildman–Crippen MR) is 57.3 cm³/mol. The molecule has 0 spiro atoms. The minimum absolute atomic E-state index is 0.348. The van der Waals surface area contributed by atoms with Gasteiger partial charge in [0, 0.05) is 19.1 Å². The minimum atomic E-state index is -0.348. The zero-order valence-electron chi connectivity index (χ0n) is 9.13. The Hall–Kier alpha value is -0.120. The predicted octanol–water partition coefficient (Wildman–Crippen LogP) is 0.585. The van der Waals surface area contributed by atoms with E-state index < -0.39 is 0 Å². The van der Waals surface area contributed by atoms with Gasteiger partial charge in [0.05, 0.1) is 5.60 Å². The van der Waals surface area contributed by atoms with E-state index in [-0.39, 0.29) is 5.60 Å². The Balaban J connectivity index is 1.75. The monoisotopic (exact) mass is 198 g/mol. The highest BCUT2D eigenvalue weighted by atomic mass is 16.3. The van der Waals surface area contributed by atoms with Crippen molar-refractivity contribution in [2.45, 2.75) is 44.2 Å². The molecule has 2 aliphatic heterocycles. The molecular formula is C11H22N2O. The molecule has 0 atom stereocenters. The molecule has 82 valence electrons. The Kier molecular flexibility index (Phi) is 3.10. The van der Waals surface area contributed by atoms with Crippen molar-refractivity contribution in [2.24, 2.45) is 0 Å². The van der Waals surface area contributed by atoms with Crippen molar-refractivity contribution in [1.82, 2.24) is 10.2 Å². The lowest BCUT2D eigenvalue weighted by Gasteiger charge is -2.51. The second kappa shape index (κ2) is 4.17. The largest absolute Gasteiger partial charge is 0.387 e. The average molecular weight is 198 g/mol. The highest BCUT2D eigenvalue weighted by Crippen LogP contribution is 2.29. The van der Waals surface area contributed by atoms with Gasteiger partial charge in [0.15, 0.2) is 0 Å². The van der Waals surface area contributed by atoms with Crippen LogP contribution in [0.2, 0.25) is 0 Å². The van der Waals surface area contributed by atoms with Crippen LogP contribution in [0.3, 0.4) is 0 Å². The Morgan fingerprint density at radius 2 is 2.00 bits per heavy atom. The molecule has 2 saturated heterocycles. The molecule has 3 heteroatoms. The first-order valence-corrected chi connectivity index (χ1v) is 5.91. The highest BCUT2D eigenvalue weighted by molar-refractivity contribution is 4.98. The summed E-state index contributed by atoms with van der Waals surface area (Å²) in [6, 6.07) is 0.730. The molecule has 3 nitrogen and oxygen atoms in total. The first-order chi connectivity index (χ1) is 6.73. The third-order valence-corrected chi connectivity index (χ3v) is 3.54. The van der Waals surface area contributed by atoms with Crippen LogP contribution < -0.4 is 5.32 Å². The van der Waals surface area contributed by atoms with Gasteiger partial charge in [-0.1, -0.05) is 13.3 Å². The Labute approximate surface area is 86.5 Å². The summed E-state index contributed by atoms with van der Waals surface area (Å²) in [6.45, 7) is 6.25. The van der Waals surface area contributed by atoms with Gasteiger partial charge in [-0.15, -0.1) is 0 Å². The summed E-state index contributed by atoms with van der Waals surface area (Å²) in [7, 11) is 0. The second-order valence-corrected chi connectivity index (χ2v) is 4.86. The van der Waals surface area contributed by atoms with Gasteiger partial charge in [-0.05, 0) is 32.4 Å². The molecule has 0 saturated carbocycles. The zero-order valence-corrected chi connectivity index (χ0v) is 9.13. The average Bonchev–Trinajstić information content (AvgIpc) is 2.16. The molecule has 2 fully saturated rings. The number of nitrogens with one attached hydrogen (secondary N) is 1. The number of hydrogen-bond donors (Lipinski definition) is 2. The minimum Gasteiger partial charge on any atom is -0.387 e. The Morgan fingerprint density at radius 1 is 1.36 bits per heavy atom. The van der Waals surface area contributed by atoms with Crippen molar-refractivity contribution in [2.75, 3.05) is 26.2 Å². The fourth-order valence-electron chi connectivity index (χ4n) is 2.76. The lowest BCUT2D eigenvalue weighted by molar-refractivity contribution is -0.123. The van der Waals surface area contributed by atoms with Gasteiger partial charge in [-0.2, -0.15) is 0 Å². The van der Waals surface area contributed by atoms with E-state index in [4.69, 9.17) is 0 Å². The lowest BCUT2D eigenvalue weighted by Crippen LogP contribution is -2.65. The van der Waals surface area contributed by atoms with Gasteiger partial charge < -0.3 is 10.4 Å². The quantitative estimate of drug-likeness (QED) is 0.696. The van der Waals surface area contributed by atoms with Crippen LogP contribution in [0.4, 0.5) is 0 Å². The van der Waals surface area contributed by atoms with E-state index >= 15 is 0 Å². The topological polar surface area (TPSA) is 35.5 Å². The highest BCUT2D eigenvalue weighted by Gasteiger charge is 2.43. The standard InChI is InChI=1S/C11H22N2O/c1-2-5-11(14)8-13(9-11)10-3-6-12-7-4-10/h10,12,14H,2-9H2,1H3. The summed E-state index contributed by atoms with van der Waals surface area (Å²) in [5.41, 5.74) is -0.348. The van der Waals surface area contributed by atoms with Crippen LogP contribution in [0, 0.1) is 0 Å². The Morgan fingerprint density at radius 3 is 2.57 bits per heavy atom. The summed E-state index contributed by atoms with van der Waals surface area (Å²) >= 11 is 0. The maximum absolute atomic E-state index is 10.1. The fraction of sp³-hybridized carbons (Fsp3) is 1.00. The molecule has 14 heavy (non-hydrogen) atoms. The molecule has 2 rings (SSSR count).